The summed E-state index contributed by atoms with van der Waals surface area (Å²) in [6.07, 6.45) is 1.32. The van der Waals surface area contributed by atoms with E-state index in [2.05, 4.69) is 15.1 Å². The Kier molecular flexibility index (Phi) is 3.63. The third-order valence-corrected chi connectivity index (χ3v) is 3.60. The molecule has 0 unspecified atom stereocenters. The van der Waals surface area contributed by atoms with Crippen molar-refractivity contribution in [1.29, 1.82) is 0 Å². The number of hydrogen-bond acceptors (Lipinski definition) is 5. The third-order valence-electron chi connectivity index (χ3n) is 2.26. The van der Waals surface area contributed by atoms with Gasteiger partial charge in [0.2, 0.25) is 5.03 Å². The van der Waals surface area contributed by atoms with Crippen LogP contribution in [0.2, 0.25) is 0 Å². The average molecular weight is 282 g/mol. The van der Waals surface area contributed by atoms with Crippen molar-refractivity contribution in [1.82, 2.24) is 4.98 Å². The summed E-state index contributed by atoms with van der Waals surface area (Å²) in [6, 6.07) is 8.11. The number of sulfonamides is 1. The summed E-state index contributed by atoms with van der Waals surface area (Å²) < 4.78 is 39.4. The number of pyridine rings is 1. The first-order chi connectivity index (χ1) is 9.03. The molecule has 0 saturated heterocycles. The third kappa shape index (κ3) is 2.98. The van der Waals surface area contributed by atoms with Gasteiger partial charge in [-0.2, -0.15) is 8.42 Å². The summed E-state index contributed by atoms with van der Waals surface area (Å²) in [4.78, 5) is 3.75. The molecule has 0 aliphatic heterocycles. The predicted octanol–water partition coefficient (Wildman–Crippen LogP) is 1.31. The van der Waals surface area contributed by atoms with Crippen molar-refractivity contribution in [2.45, 2.75) is 5.03 Å². The second-order valence-electron chi connectivity index (χ2n) is 3.62. The van der Waals surface area contributed by atoms with Gasteiger partial charge in [-0.25, -0.2) is 9.37 Å². The van der Waals surface area contributed by atoms with E-state index in [1.165, 1.54) is 36.5 Å². The molecule has 0 radical (unpaired) electrons. The van der Waals surface area contributed by atoms with Crippen LogP contribution in [-0.4, -0.2) is 13.4 Å². The number of nitrogens with two attached hydrogens (primary N) is 1. The van der Waals surface area contributed by atoms with Crippen molar-refractivity contribution in [3.8, 4) is 0 Å². The lowest BCUT2D eigenvalue weighted by molar-refractivity contribution is 0.598. The molecule has 2 rings (SSSR count). The van der Waals surface area contributed by atoms with Gasteiger partial charge in [-0.05, 0) is 30.3 Å². The highest BCUT2D eigenvalue weighted by Crippen LogP contribution is 2.20. The van der Waals surface area contributed by atoms with Gasteiger partial charge in [-0.3, -0.25) is 10.6 Å². The van der Waals surface area contributed by atoms with E-state index in [-0.39, 0.29) is 16.4 Å². The molecule has 1 aromatic heterocycles. The van der Waals surface area contributed by atoms with Crippen LogP contribution in [0.15, 0.2) is 47.6 Å². The normalized spacial score (nSPS) is 11.1. The highest BCUT2D eigenvalue weighted by atomic mass is 32.2. The Bertz CT molecular complexity index is 691. The maximum atomic E-state index is 13.0. The summed E-state index contributed by atoms with van der Waals surface area (Å²) in [6.45, 7) is 0. The Morgan fingerprint density at radius 3 is 2.68 bits per heavy atom. The van der Waals surface area contributed by atoms with E-state index in [1.54, 1.807) is 0 Å². The lowest BCUT2D eigenvalue weighted by Gasteiger charge is -2.10. The summed E-state index contributed by atoms with van der Waals surface area (Å²) in [7, 11) is -3.94. The minimum absolute atomic E-state index is 0.105. The molecule has 0 fully saturated rings. The van der Waals surface area contributed by atoms with Crippen molar-refractivity contribution in [2.75, 3.05) is 10.1 Å². The number of benzene rings is 1. The SMILES string of the molecule is NNc1cccnc1S(=O)(=O)Nc1cccc(F)c1. The largest absolute Gasteiger partial charge is 0.321 e. The summed E-state index contributed by atoms with van der Waals surface area (Å²) in [5.41, 5.74) is 2.49. The van der Waals surface area contributed by atoms with Gasteiger partial charge < -0.3 is 5.43 Å². The summed E-state index contributed by atoms with van der Waals surface area (Å²) >= 11 is 0. The van der Waals surface area contributed by atoms with E-state index >= 15 is 0 Å². The number of hydrazine groups is 1. The van der Waals surface area contributed by atoms with E-state index in [0.717, 1.165) is 6.07 Å². The number of rotatable bonds is 4. The van der Waals surface area contributed by atoms with E-state index in [9.17, 15) is 12.8 Å². The van der Waals surface area contributed by atoms with Crippen molar-refractivity contribution >= 4 is 21.4 Å². The number of aromatic nitrogens is 1. The Balaban J connectivity index is 2.38. The predicted molar refractivity (Wildman–Crippen MR) is 69.3 cm³/mol. The molecule has 0 amide bonds. The zero-order valence-corrected chi connectivity index (χ0v) is 10.5. The van der Waals surface area contributed by atoms with Gasteiger partial charge in [-0.15, -0.1) is 0 Å². The smallest absolute Gasteiger partial charge is 0.281 e. The zero-order valence-electron chi connectivity index (χ0n) is 9.67. The molecule has 6 nitrogen and oxygen atoms in total. The van der Waals surface area contributed by atoms with Crippen molar-refractivity contribution < 1.29 is 12.8 Å². The molecule has 2 aromatic rings. The number of anilines is 2. The zero-order chi connectivity index (χ0) is 13.9. The molecule has 100 valence electrons. The fourth-order valence-corrected chi connectivity index (χ4v) is 2.62. The van der Waals surface area contributed by atoms with Crippen LogP contribution in [0.25, 0.3) is 0 Å². The molecular weight excluding hydrogens is 271 g/mol. The Hall–Kier alpha value is -2.19. The van der Waals surface area contributed by atoms with Gasteiger partial charge in [0.1, 0.15) is 5.82 Å². The molecular formula is C11H11FN4O2S. The lowest BCUT2D eigenvalue weighted by atomic mass is 10.3. The minimum atomic E-state index is -3.94. The number of nitrogen functional groups attached to an aromatic ring is 1. The van der Waals surface area contributed by atoms with Crippen LogP contribution in [0.5, 0.6) is 0 Å². The summed E-state index contributed by atoms with van der Waals surface area (Å²) in [5, 5.41) is -0.262. The van der Waals surface area contributed by atoms with Gasteiger partial charge in [-0.1, -0.05) is 6.07 Å². The van der Waals surface area contributed by atoms with Crippen LogP contribution in [0.4, 0.5) is 15.8 Å². The molecule has 1 heterocycles. The number of nitrogens with one attached hydrogen (secondary N) is 2. The van der Waals surface area contributed by atoms with Gasteiger partial charge >= 0.3 is 0 Å². The van der Waals surface area contributed by atoms with Crippen LogP contribution in [0, 0.1) is 5.82 Å². The van der Waals surface area contributed by atoms with Crippen LogP contribution in [-0.2, 0) is 10.0 Å². The lowest BCUT2D eigenvalue weighted by Crippen LogP contribution is -2.18. The summed E-state index contributed by atoms with van der Waals surface area (Å²) in [5.74, 6) is 4.68. The molecule has 0 bridgehead atoms. The standard InChI is InChI=1S/C11H11FN4O2S/c12-8-3-1-4-9(7-8)16-19(17,18)11-10(15-13)5-2-6-14-11/h1-7,15-16H,13H2. The minimum Gasteiger partial charge on any atom is -0.321 e. The fraction of sp³-hybridized carbons (Fsp3) is 0. The molecule has 1 aromatic carbocycles. The Morgan fingerprint density at radius 1 is 1.21 bits per heavy atom. The van der Waals surface area contributed by atoms with E-state index in [1.807, 2.05) is 0 Å². The maximum absolute atomic E-state index is 13.0. The molecule has 0 atom stereocenters. The Morgan fingerprint density at radius 2 is 2.00 bits per heavy atom. The number of nitrogens with zero attached hydrogens (tertiary/aromatic N) is 1. The first-order valence-corrected chi connectivity index (χ1v) is 6.71. The highest BCUT2D eigenvalue weighted by Gasteiger charge is 2.20. The van der Waals surface area contributed by atoms with E-state index < -0.39 is 15.8 Å². The second kappa shape index (κ2) is 5.21. The molecule has 0 saturated carbocycles. The Labute approximate surface area is 109 Å². The van der Waals surface area contributed by atoms with E-state index in [0.29, 0.717) is 0 Å². The molecule has 0 spiro atoms. The molecule has 4 N–H and O–H groups in total. The second-order valence-corrected chi connectivity index (χ2v) is 5.21. The van der Waals surface area contributed by atoms with Crippen molar-refractivity contribution in [3.05, 3.63) is 48.4 Å². The van der Waals surface area contributed by atoms with Gasteiger partial charge in [0.05, 0.1) is 11.4 Å². The first kappa shape index (κ1) is 13.2. The van der Waals surface area contributed by atoms with Crippen molar-refractivity contribution in [3.63, 3.8) is 0 Å². The molecule has 19 heavy (non-hydrogen) atoms. The number of hydrogen-bond donors (Lipinski definition) is 3. The van der Waals surface area contributed by atoms with E-state index in [4.69, 9.17) is 5.84 Å². The molecule has 8 heteroatoms. The average Bonchev–Trinajstić information content (AvgIpc) is 2.38. The van der Waals surface area contributed by atoms with Crippen LogP contribution in [0.1, 0.15) is 0 Å². The van der Waals surface area contributed by atoms with Crippen LogP contribution < -0.4 is 16.0 Å². The topological polar surface area (TPSA) is 97.1 Å². The number of halogens is 1. The first-order valence-electron chi connectivity index (χ1n) is 5.23. The maximum Gasteiger partial charge on any atom is 0.281 e. The quantitative estimate of drug-likeness (QED) is 0.580. The monoisotopic (exact) mass is 282 g/mol. The molecule has 0 aliphatic rings. The van der Waals surface area contributed by atoms with Gasteiger partial charge in [0.25, 0.3) is 10.0 Å². The van der Waals surface area contributed by atoms with Gasteiger partial charge in [0.15, 0.2) is 0 Å². The fourth-order valence-electron chi connectivity index (χ4n) is 1.47. The van der Waals surface area contributed by atoms with Gasteiger partial charge in [0, 0.05) is 6.20 Å². The van der Waals surface area contributed by atoms with Crippen LogP contribution >= 0.6 is 0 Å². The van der Waals surface area contributed by atoms with Crippen molar-refractivity contribution in [2.24, 2.45) is 5.84 Å². The van der Waals surface area contributed by atoms with Crippen LogP contribution in [0.3, 0.4) is 0 Å². The highest BCUT2D eigenvalue weighted by molar-refractivity contribution is 7.92. The molecule has 0 aliphatic carbocycles.